The number of rotatable bonds is 7. The number of aryl methyl sites for hydroxylation is 1. The van der Waals surface area contributed by atoms with Crippen molar-refractivity contribution in [1.29, 1.82) is 0 Å². The van der Waals surface area contributed by atoms with Crippen LogP contribution in [-0.2, 0) is 14.3 Å². The largest absolute Gasteiger partial charge is 0.452 e. The fraction of sp³-hybridized carbons (Fsp3) is 0.167. The van der Waals surface area contributed by atoms with Crippen LogP contribution in [0.25, 0.3) is 11.1 Å². The van der Waals surface area contributed by atoms with E-state index in [1.807, 2.05) is 85.8 Å². The molecule has 3 aromatic carbocycles. The Hall–Kier alpha value is -3.05. The molecule has 0 spiro atoms. The first-order valence-corrected chi connectivity index (χ1v) is 10.4. The molecule has 0 fully saturated rings. The van der Waals surface area contributed by atoms with Crippen molar-refractivity contribution in [3.05, 3.63) is 84.4 Å². The summed E-state index contributed by atoms with van der Waals surface area (Å²) in [6.45, 7) is 3.57. The molecule has 0 bridgehead atoms. The van der Waals surface area contributed by atoms with E-state index in [1.54, 1.807) is 6.92 Å². The minimum atomic E-state index is -0.885. The number of para-hydroxylation sites is 1. The Bertz CT molecular complexity index is 988. The molecule has 0 saturated heterocycles. The van der Waals surface area contributed by atoms with Gasteiger partial charge in [0.25, 0.3) is 5.91 Å². The van der Waals surface area contributed by atoms with Crippen molar-refractivity contribution in [3.8, 4) is 11.1 Å². The van der Waals surface area contributed by atoms with Crippen LogP contribution in [0.3, 0.4) is 0 Å². The molecule has 148 valence electrons. The lowest BCUT2D eigenvalue weighted by atomic mass is 10.0. The maximum absolute atomic E-state index is 12.6. The molecular weight excluding hydrogens is 382 g/mol. The highest BCUT2D eigenvalue weighted by molar-refractivity contribution is 8.00. The maximum Gasteiger partial charge on any atom is 0.317 e. The van der Waals surface area contributed by atoms with Gasteiger partial charge in [-0.3, -0.25) is 9.59 Å². The van der Waals surface area contributed by atoms with Crippen LogP contribution in [0.15, 0.2) is 83.8 Å². The van der Waals surface area contributed by atoms with Crippen LogP contribution in [0.2, 0.25) is 0 Å². The van der Waals surface area contributed by atoms with Crippen LogP contribution >= 0.6 is 11.8 Å². The van der Waals surface area contributed by atoms with Gasteiger partial charge in [0.15, 0.2) is 6.10 Å². The summed E-state index contributed by atoms with van der Waals surface area (Å²) in [5, 5.41) is 2.87. The van der Waals surface area contributed by atoms with Gasteiger partial charge in [-0.2, -0.15) is 0 Å². The number of carbonyl (C=O) groups excluding carboxylic acids is 2. The Balaban J connectivity index is 1.59. The number of hydrogen-bond acceptors (Lipinski definition) is 4. The van der Waals surface area contributed by atoms with Crippen molar-refractivity contribution in [3.63, 3.8) is 0 Å². The topological polar surface area (TPSA) is 55.4 Å². The third-order valence-corrected chi connectivity index (χ3v) is 5.54. The van der Waals surface area contributed by atoms with Crippen LogP contribution < -0.4 is 5.32 Å². The molecule has 4 nitrogen and oxygen atoms in total. The van der Waals surface area contributed by atoms with E-state index in [9.17, 15) is 9.59 Å². The first-order valence-electron chi connectivity index (χ1n) is 9.38. The summed E-state index contributed by atoms with van der Waals surface area (Å²) in [6.07, 6.45) is -0.885. The summed E-state index contributed by atoms with van der Waals surface area (Å²) in [5.41, 5.74) is 3.70. The first kappa shape index (κ1) is 20.7. The van der Waals surface area contributed by atoms with Gasteiger partial charge in [-0.1, -0.05) is 66.7 Å². The molecule has 0 aliphatic rings. The van der Waals surface area contributed by atoms with E-state index in [2.05, 4.69) is 5.32 Å². The Morgan fingerprint density at radius 1 is 0.931 bits per heavy atom. The number of ether oxygens (including phenoxy) is 1. The number of benzene rings is 3. The fourth-order valence-electron chi connectivity index (χ4n) is 2.84. The zero-order valence-electron chi connectivity index (χ0n) is 16.4. The Kier molecular flexibility index (Phi) is 7.09. The molecule has 0 radical (unpaired) electrons. The maximum atomic E-state index is 12.6. The molecule has 0 aromatic heterocycles. The Morgan fingerprint density at radius 3 is 2.34 bits per heavy atom. The minimum absolute atomic E-state index is 0.156. The van der Waals surface area contributed by atoms with Crippen molar-refractivity contribution in [2.45, 2.75) is 24.8 Å². The predicted octanol–water partition coefficient (Wildman–Crippen LogP) is 5.32. The summed E-state index contributed by atoms with van der Waals surface area (Å²) in [7, 11) is 0. The lowest BCUT2D eigenvalue weighted by Gasteiger charge is -2.16. The second kappa shape index (κ2) is 9.94. The van der Waals surface area contributed by atoms with Gasteiger partial charge in [0.1, 0.15) is 0 Å². The molecule has 3 aromatic rings. The van der Waals surface area contributed by atoms with Crippen molar-refractivity contribution in [2.75, 3.05) is 11.1 Å². The Morgan fingerprint density at radius 2 is 1.59 bits per heavy atom. The minimum Gasteiger partial charge on any atom is -0.452 e. The molecule has 29 heavy (non-hydrogen) atoms. The summed E-state index contributed by atoms with van der Waals surface area (Å²) >= 11 is 1.41. The lowest BCUT2D eigenvalue weighted by Crippen LogP contribution is -2.30. The summed E-state index contributed by atoms with van der Waals surface area (Å²) in [4.78, 5) is 25.8. The first-order chi connectivity index (χ1) is 14.0. The highest BCUT2D eigenvalue weighted by Crippen LogP contribution is 2.28. The predicted molar refractivity (Wildman–Crippen MR) is 118 cm³/mol. The number of nitrogens with one attached hydrogen (secondary N) is 1. The van der Waals surface area contributed by atoms with E-state index in [0.717, 1.165) is 21.6 Å². The van der Waals surface area contributed by atoms with Gasteiger partial charge >= 0.3 is 5.97 Å². The van der Waals surface area contributed by atoms with Gasteiger partial charge in [0.05, 0.1) is 5.75 Å². The van der Waals surface area contributed by atoms with E-state index in [-0.39, 0.29) is 11.7 Å². The van der Waals surface area contributed by atoms with Crippen LogP contribution in [0.4, 0.5) is 5.69 Å². The average Bonchev–Trinajstić information content (AvgIpc) is 2.74. The van der Waals surface area contributed by atoms with Gasteiger partial charge in [-0.05, 0) is 37.1 Å². The van der Waals surface area contributed by atoms with Gasteiger partial charge in [-0.25, -0.2) is 0 Å². The van der Waals surface area contributed by atoms with Crippen LogP contribution in [-0.4, -0.2) is 23.7 Å². The van der Waals surface area contributed by atoms with Crippen molar-refractivity contribution in [1.82, 2.24) is 0 Å². The quantitative estimate of drug-likeness (QED) is 0.427. The van der Waals surface area contributed by atoms with Gasteiger partial charge in [0, 0.05) is 16.1 Å². The smallest absolute Gasteiger partial charge is 0.317 e. The second-order valence-corrected chi connectivity index (χ2v) is 7.60. The van der Waals surface area contributed by atoms with E-state index < -0.39 is 12.1 Å². The number of hydrogen-bond donors (Lipinski definition) is 1. The highest BCUT2D eigenvalue weighted by atomic mass is 32.2. The van der Waals surface area contributed by atoms with Gasteiger partial charge in [-0.15, -0.1) is 11.8 Å². The molecule has 1 atom stereocenters. The molecule has 0 aliphatic carbocycles. The van der Waals surface area contributed by atoms with Gasteiger partial charge in [0.2, 0.25) is 0 Å². The second-order valence-electron chi connectivity index (χ2n) is 6.59. The molecule has 0 aliphatic heterocycles. The molecule has 1 N–H and O–H groups in total. The number of amides is 1. The number of carbonyl (C=O) groups is 2. The number of esters is 1. The van der Waals surface area contributed by atoms with E-state index in [1.165, 1.54) is 11.8 Å². The van der Waals surface area contributed by atoms with Crippen LogP contribution in [0.1, 0.15) is 12.5 Å². The summed E-state index contributed by atoms with van der Waals surface area (Å²) in [6, 6.07) is 25.2. The van der Waals surface area contributed by atoms with Crippen molar-refractivity contribution in [2.24, 2.45) is 0 Å². The molecule has 1 amide bonds. The third kappa shape index (κ3) is 5.72. The van der Waals surface area contributed by atoms with Gasteiger partial charge < -0.3 is 10.1 Å². The summed E-state index contributed by atoms with van der Waals surface area (Å²) in [5.74, 6) is -0.622. The zero-order chi connectivity index (χ0) is 20.6. The number of thioether (sulfide) groups is 1. The molecule has 5 heteroatoms. The fourth-order valence-corrected chi connectivity index (χ4v) is 3.65. The molecule has 0 unspecified atom stereocenters. The van der Waals surface area contributed by atoms with E-state index >= 15 is 0 Å². The highest BCUT2D eigenvalue weighted by Gasteiger charge is 2.19. The third-order valence-electron chi connectivity index (χ3n) is 4.39. The molecule has 0 saturated carbocycles. The SMILES string of the molecule is Cc1ccccc1SCC(=O)O[C@@H](C)C(=O)Nc1ccccc1-c1ccccc1. The van der Waals surface area contributed by atoms with Crippen molar-refractivity contribution < 1.29 is 14.3 Å². The average molecular weight is 406 g/mol. The standard InChI is InChI=1S/C24H23NO3S/c1-17-10-6-9-15-22(17)29-16-23(26)28-18(2)24(27)25-21-14-8-7-13-20(21)19-11-4-3-5-12-19/h3-15,18H,16H2,1-2H3,(H,25,27)/t18-/m0/s1. The van der Waals surface area contributed by atoms with Crippen LogP contribution in [0.5, 0.6) is 0 Å². The molecular formula is C24H23NO3S. The van der Waals surface area contributed by atoms with Crippen molar-refractivity contribution >= 4 is 29.3 Å². The van der Waals surface area contributed by atoms with E-state index in [4.69, 9.17) is 4.74 Å². The summed E-state index contributed by atoms with van der Waals surface area (Å²) < 4.78 is 5.32. The molecule has 3 rings (SSSR count). The zero-order valence-corrected chi connectivity index (χ0v) is 17.2. The normalized spacial score (nSPS) is 11.5. The lowest BCUT2D eigenvalue weighted by molar-refractivity contribution is -0.150. The number of anilines is 1. The molecule has 0 heterocycles. The monoisotopic (exact) mass is 405 g/mol. The Labute approximate surface area is 175 Å². The van der Waals surface area contributed by atoms with E-state index in [0.29, 0.717) is 5.69 Å². The van der Waals surface area contributed by atoms with Crippen LogP contribution in [0, 0.1) is 6.92 Å².